The second kappa shape index (κ2) is 7.14. The molecule has 1 heterocycles. The Morgan fingerprint density at radius 1 is 1.41 bits per heavy atom. The lowest BCUT2D eigenvalue weighted by molar-refractivity contribution is -0.121. The van der Waals surface area contributed by atoms with Crippen LogP contribution in [0, 0.1) is 6.92 Å². The molecule has 1 saturated heterocycles. The molecule has 0 aliphatic carbocycles. The maximum atomic E-state index is 12.0. The maximum absolute atomic E-state index is 12.0. The predicted octanol–water partition coefficient (Wildman–Crippen LogP) is 2.93. The van der Waals surface area contributed by atoms with Gasteiger partial charge in [0.2, 0.25) is 5.91 Å². The van der Waals surface area contributed by atoms with Crippen LogP contribution in [0.15, 0.2) is 18.2 Å². The molecule has 1 atom stereocenters. The van der Waals surface area contributed by atoms with E-state index in [0.717, 1.165) is 29.8 Å². The van der Waals surface area contributed by atoms with Crippen molar-refractivity contribution < 1.29 is 9.53 Å². The van der Waals surface area contributed by atoms with Gasteiger partial charge in [0.15, 0.2) is 0 Å². The third-order valence-electron chi connectivity index (χ3n) is 3.71. The molecule has 1 aliphatic heterocycles. The molecule has 2 rings (SSSR count). The van der Waals surface area contributed by atoms with Crippen molar-refractivity contribution in [3.8, 4) is 5.75 Å². The van der Waals surface area contributed by atoms with Crippen LogP contribution in [-0.4, -0.2) is 24.1 Å². The molecule has 1 aromatic carbocycles. The number of carbonyl (C=O) groups excluding carboxylic acids is 1. The highest BCUT2D eigenvalue weighted by Gasteiger charge is 2.18. The van der Waals surface area contributed by atoms with Crippen molar-refractivity contribution in [3.63, 3.8) is 0 Å². The van der Waals surface area contributed by atoms with Gasteiger partial charge < -0.3 is 15.4 Å². The molecule has 4 nitrogen and oxygen atoms in total. The van der Waals surface area contributed by atoms with E-state index in [4.69, 9.17) is 4.74 Å². The SMILES string of the molecule is Cc1ccc(CNC(=O)CC2CCCN2)c(OC(C)(C)C)c1. The summed E-state index contributed by atoms with van der Waals surface area (Å²) in [5.41, 5.74) is 1.93. The third-order valence-corrected chi connectivity index (χ3v) is 3.71. The molecule has 1 amide bonds. The summed E-state index contributed by atoms with van der Waals surface area (Å²) in [7, 11) is 0. The van der Waals surface area contributed by atoms with Crippen LogP contribution in [0.4, 0.5) is 0 Å². The standard InChI is InChI=1S/C18H28N2O2/c1-13-7-8-14(16(10-13)22-18(2,3)4)12-20-17(21)11-15-6-5-9-19-15/h7-8,10,15,19H,5-6,9,11-12H2,1-4H3,(H,20,21). The van der Waals surface area contributed by atoms with E-state index >= 15 is 0 Å². The molecule has 1 aromatic rings. The number of aryl methyl sites for hydroxylation is 1. The van der Waals surface area contributed by atoms with Crippen molar-refractivity contribution in [2.45, 2.75) is 65.1 Å². The van der Waals surface area contributed by atoms with Crippen molar-refractivity contribution in [3.05, 3.63) is 29.3 Å². The van der Waals surface area contributed by atoms with Crippen molar-refractivity contribution in [2.75, 3.05) is 6.54 Å². The van der Waals surface area contributed by atoms with E-state index < -0.39 is 0 Å². The molecule has 1 unspecified atom stereocenters. The molecular formula is C18H28N2O2. The normalized spacial score (nSPS) is 18.3. The van der Waals surface area contributed by atoms with Gasteiger partial charge in [0, 0.05) is 24.6 Å². The van der Waals surface area contributed by atoms with E-state index in [9.17, 15) is 4.79 Å². The minimum atomic E-state index is -0.250. The lowest BCUT2D eigenvalue weighted by Crippen LogP contribution is -2.32. The summed E-state index contributed by atoms with van der Waals surface area (Å²) in [6.45, 7) is 9.68. The van der Waals surface area contributed by atoms with E-state index in [1.807, 2.05) is 39.8 Å². The second-order valence-electron chi connectivity index (χ2n) is 7.10. The van der Waals surface area contributed by atoms with Crippen molar-refractivity contribution in [2.24, 2.45) is 0 Å². The number of benzene rings is 1. The van der Waals surface area contributed by atoms with Gasteiger partial charge in [-0.05, 0) is 58.7 Å². The quantitative estimate of drug-likeness (QED) is 0.879. The highest BCUT2D eigenvalue weighted by molar-refractivity contribution is 5.76. The zero-order chi connectivity index (χ0) is 16.2. The van der Waals surface area contributed by atoms with Gasteiger partial charge in [-0.2, -0.15) is 0 Å². The molecule has 22 heavy (non-hydrogen) atoms. The molecule has 122 valence electrons. The number of nitrogens with one attached hydrogen (secondary N) is 2. The third kappa shape index (κ3) is 5.34. The first-order valence-electron chi connectivity index (χ1n) is 8.12. The number of hydrogen-bond donors (Lipinski definition) is 2. The van der Waals surface area contributed by atoms with E-state index in [1.165, 1.54) is 6.42 Å². The fourth-order valence-corrected chi connectivity index (χ4v) is 2.65. The Kier molecular flexibility index (Phi) is 5.46. The molecule has 1 aliphatic rings. The average Bonchev–Trinajstić information content (AvgIpc) is 2.88. The molecule has 4 heteroatoms. The van der Waals surface area contributed by atoms with Gasteiger partial charge in [0.1, 0.15) is 11.4 Å². The van der Waals surface area contributed by atoms with Crippen LogP contribution in [0.1, 0.15) is 51.2 Å². The average molecular weight is 304 g/mol. The second-order valence-corrected chi connectivity index (χ2v) is 7.10. The summed E-state index contributed by atoms with van der Waals surface area (Å²) in [4.78, 5) is 12.0. The Balaban J connectivity index is 1.95. The molecule has 0 saturated carbocycles. The van der Waals surface area contributed by atoms with Gasteiger partial charge in [0.25, 0.3) is 0 Å². The molecule has 0 spiro atoms. The first-order chi connectivity index (χ1) is 10.3. The van der Waals surface area contributed by atoms with Crippen molar-refractivity contribution >= 4 is 5.91 Å². The van der Waals surface area contributed by atoms with Crippen LogP contribution in [0.3, 0.4) is 0 Å². The fourth-order valence-electron chi connectivity index (χ4n) is 2.65. The number of rotatable bonds is 5. The Morgan fingerprint density at radius 3 is 2.82 bits per heavy atom. The summed E-state index contributed by atoms with van der Waals surface area (Å²) < 4.78 is 6.02. The minimum Gasteiger partial charge on any atom is -0.488 e. The number of carbonyl (C=O) groups is 1. The van der Waals surface area contributed by atoms with E-state index in [1.54, 1.807) is 0 Å². The van der Waals surface area contributed by atoms with E-state index in [2.05, 4.69) is 16.7 Å². The highest BCUT2D eigenvalue weighted by Crippen LogP contribution is 2.24. The van der Waals surface area contributed by atoms with Gasteiger partial charge in [0.05, 0.1) is 0 Å². The number of ether oxygens (including phenoxy) is 1. The maximum Gasteiger partial charge on any atom is 0.221 e. The number of hydrogen-bond acceptors (Lipinski definition) is 3. The summed E-state index contributed by atoms with van der Waals surface area (Å²) in [6, 6.07) is 6.45. The van der Waals surface area contributed by atoms with Gasteiger partial charge in [-0.1, -0.05) is 12.1 Å². The van der Waals surface area contributed by atoms with E-state index in [0.29, 0.717) is 19.0 Å². The predicted molar refractivity (Wildman–Crippen MR) is 89.0 cm³/mol. The largest absolute Gasteiger partial charge is 0.488 e. The summed E-state index contributed by atoms with van der Waals surface area (Å²) in [5.74, 6) is 0.952. The summed E-state index contributed by atoms with van der Waals surface area (Å²) in [6.07, 6.45) is 2.82. The fraction of sp³-hybridized carbons (Fsp3) is 0.611. The lowest BCUT2D eigenvalue weighted by Gasteiger charge is -2.24. The summed E-state index contributed by atoms with van der Waals surface area (Å²) >= 11 is 0. The van der Waals surface area contributed by atoms with Gasteiger partial charge in [-0.15, -0.1) is 0 Å². The topological polar surface area (TPSA) is 50.4 Å². The molecule has 0 aromatic heterocycles. The minimum absolute atomic E-state index is 0.0988. The smallest absolute Gasteiger partial charge is 0.221 e. The first-order valence-corrected chi connectivity index (χ1v) is 8.12. The molecule has 0 radical (unpaired) electrons. The zero-order valence-electron chi connectivity index (χ0n) is 14.2. The van der Waals surface area contributed by atoms with Crippen LogP contribution in [0.25, 0.3) is 0 Å². The van der Waals surface area contributed by atoms with Crippen LogP contribution in [-0.2, 0) is 11.3 Å². The molecule has 1 fully saturated rings. The van der Waals surface area contributed by atoms with Gasteiger partial charge in [-0.3, -0.25) is 4.79 Å². The molecular weight excluding hydrogens is 276 g/mol. The molecule has 0 bridgehead atoms. The van der Waals surface area contributed by atoms with Crippen LogP contribution < -0.4 is 15.4 Å². The van der Waals surface area contributed by atoms with Crippen molar-refractivity contribution in [1.82, 2.24) is 10.6 Å². The Morgan fingerprint density at radius 2 is 2.18 bits per heavy atom. The van der Waals surface area contributed by atoms with E-state index in [-0.39, 0.29) is 11.5 Å². The Labute approximate surface area is 133 Å². The molecule has 2 N–H and O–H groups in total. The van der Waals surface area contributed by atoms with Gasteiger partial charge >= 0.3 is 0 Å². The zero-order valence-corrected chi connectivity index (χ0v) is 14.2. The monoisotopic (exact) mass is 304 g/mol. The lowest BCUT2D eigenvalue weighted by atomic mass is 10.1. The number of amides is 1. The first kappa shape index (κ1) is 16.8. The van der Waals surface area contributed by atoms with Crippen LogP contribution >= 0.6 is 0 Å². The Hall–Kier alpha value is -1.55. The highest BCUT2D eigenvalue weighted by atomic mass is 16.5. The van der Waals surface area contributed by atoms with Crippen LogP contribution in [0.2, 0.25) is 0 Å². The van der Waals surface area contributed by atoms with Crippen LogP contribution in [0.5, 0.6) is 5.75 Å². The summed E-state index contributed by atoms with van der Waals surface area (Å²) in [5, 5.41) is 6.36. The van der Waals surface area contributed by atoms with Gasteiger partial charge in [-0.25, -0.2) is 0 Å². The Bertz CT molecular complexity index is 514. The van der Waals surface area contributed by atoms with Crippen molar-refractivity contribution in [1.29, 1.82) is 0 Å².